The lowest BCUT2D eigenvalue weighted by Gasteiger charge is -2.18. The Labute approximate surface area is 756 Å². The van der Waals surface area contributed by atoms with Crippen LogP contribution in [0.2, 0.25) is 0 Å². The molecule has 3 aromatic heterocycles. The van der Waals surface area contributed by atoms with Crippen molar-refractivity contribution in [3.63, 3.8) is 0 Å². The van der Waals surface area contributed by atoms with Crippen molar-refractivity contribution in [3.05, 3.63) is 72.8 Å². The van der Waals surface area contributed by atoms with E-state index in [2.05, 4.69) is 138 Å². The van der Waals surface area contributed by atoms with E-state index in [-0.39, 0.29) is 0 Å². The molecule has 0 fully saturated rings. The van der Waals surface area contributed by atoms with Gasteiger partial charge >= 0.3 is 0 Å². The Morgan fingerprint density at radius 2 is 0.379 bits per heavy atom. The van der Waals surface area contributed by atoms with Gasteiger partial charge in [-0.05, 0) is 148 Å². The summed E-state index contributed by atoms with van der Waals surface area (Å²) in [6.07, 6.45) is 83.2. The SMILES string of the molecule is CCCCCCCCCCC(CCCCCCCC)COc1ccc2c(c1)-c1nc-2nc2[nH]c(nc3nc(nc4[nH]c(n1)c1ccc(OCC(CCCCCCCC)CCCCCCCCCC)cc41)-c1ccc(OCC(CCCCCCCC)CCCCCCCCCC)cc1-3)c1ccc(OCC(CCCCCCCC)CCCCCCCCCC)cc21. The van der Waals surface area contributed by atoms with Crippen molar-refractivity contribution in [2.75, 3.05) is 26.4 Å². The van der Waals surface area contributed by atoms with Crippen LogP contribution < -0.4 is 18.9 Å². The van der Waals surface area contributed by atoms with Gasteiger partial charge in [-0.1, -0.05) is 415 Å². The zero-order valence-corrected chi connectivity index (χ0v) is 80.6. The molecule has 2 N–H and O–H groups in total. The summed E-state index contributed by atoms with van der Waals surface area (Å²) in [7, 11) is 0. The first-order valence-corrected chi connectivity index (χ1v) is 53.2. The van der Waals surface area contributed by atoms with Crippen molar-refractivity contribution >= 4 is 44.1 Å². The summed E-state index contributed by atoms with van der Waals surface area (Å²) < 4.78 is 28.2. The fourth-order valence-corrected chi connectivity index (χ4v) is 19.3. The first-order valence-electron chi connectivity index (χ1n) is 53.2. The summed E-state index contributed by atoms with van der Waals surface area (Å²) in [5, 5.41) is 3.68. The highest BCUT2D eigenvalue weighted by Crippen LogP contribution is 2.42. The standard InChI is InChI=1S/C112H178N8O4/c1-9-17-25-33-41-45-53-61-69-89(65-57-49-37-29-21-13-5)85-121-93-73-77-97-101(81-93)109-113-105(97)118-110-103-83-95(123-87-91(67-59-51-39-31-23-15-7)71-63-55-47-43-35-27-19-11-3)75-79-99(103)107(115-110)120-112-104-84-96(124-88-92(68-60-52-40-32-24-16-8)72-64-56-48-44-36-28-20-12-4)76-80-100(104)108(116-112)119-111-102-82-94(74-78-98(102)106(114-111)117-109)122-86-90(66-58-50-38-30-22-14-6)70-62-54-46-42-34-26-18-10-2/h73-84,89-92H,9-72,85-88H2,1-8H3,(H2,113,114,115,116,117,118,119,120). The minimum absolute atomic E-state index is 0.488. The number of fused-ring (bicyclic) bond motifs is 20. The summed E-state index contributed by atoms with van der Waals surface area (Å²) >= 11 is 0. The van der Waals surface area contributed by atoms with Gasteiger partial charge in [-0.25, -0.2) is 29.9 Å². The Morgan fingerprint density at radius 1 is 0.194 bits per heavy atom. The molecule has 0 saturated carbocycles. The number of ether oxygens (including phenoxy) is 4. The second-order valence-corrected chi connectivity index (χ2v) is 38.4. The summed E-state index contributed by atoms with van der Waals surface area (Å²) in [4.78, 5) is 41.4. The lowest BCUT2D eigenvalue weighted by atomic mass is 9.94. The molecule has 0 amide bonds. The van der Waals surface area contributed by atoms with Crippen LogP contribution in [0.5, 0.6) is 23.0 Å². The second kappa shape index (κ2) is 62.6. The molecule has 0 aliphatic carbocycles. The van der Waals surface area contributed by atoms with Crippen LogP contribution in [0.1, 0.15) is 466 Å². The largest absolute Gasteiger partial charge is 0.493 e. The Kier molecular flexibility index (Phi) is 51.1. The normalized spacial score (nSPS) is 13.0. The minimum atomic E-state index is 0.488. The molecule has 4 unspecified atom stereocenters. The Hall–Kier alpha value is -6.56. The van der Waals surface area contributed by atoms with Gasteiger partial charge in [-0.3, -0.25) is 0 Å². The molecular formula is C112H178N8O4. The van der Waals surface area contributed by atoms with Gasteiger partial charge in [0.25, 0.3) is 0 Å². The molecule has 0 radical (unpaired) electrons. The van der Waals surface area contributed by atoms with E-state index in [0.717, 1.165) is 66.8 Å². The van der Waals surface area contributed by atoms with Crippen LogP contribution in [0.25, 0.3) is 89.7 Å². The van der Waals surface area contributed by atoms with Crippen LogP contribution in [0.15, 0.2) is 72.8 Å². The van der Waals surface area contributed by atoms with Crippen LogP contribution in [0, 0.1) is 23.7 Å². The van der Waals surface area contributed by atoms with Gasteiger partial charge in [-0.2, -0.15) is 0 Å². The van der Waals surface area contributed by atoms with E-state index >= 15 is 0 Å². The Balaban J connectivity index is 1.14. The minimum Gasteiger partial charge on any atom is -0.493 e. The van der Waals surface area contributed by atoms with Crippen LogP contribution in [-0.4, -0.2) is 66.3 Å². The third-order valence-corrected chi connectivity index (χ3v) is 27.4. The van der Waals surface area contributed by atoms with Crippen molar-refractivity contribution in [3.8, 4) is 68.5 Å². The Morgan fingerprint density at radius 3 is 0.605 bits per heavy atom. The predicted molar refractivity (Wildman–Crippen MR) is 533 cm³/mol. The van der Waals surface area contributed by atoms with Gasteiger partial charge in [0.15, 0.2) is 23.3 Å². The third kappa shape index (κ3) is 37.3. The van der Waals surface area contributed by atoms with E-state index in [0.29, 0.717) is 96.0 Å². The van der Waals surface area contributed by atoms with E-state index in [1.807, 2.05) is 0 Å². The maximum atomic E-state index is 7.06. The maximum absolute atomic E-state index is 7.06. The van der Waals surface area contributed by atoms with E-state index in [4.69, 9.17) is 48.9 Å². The zero-order valence-electron chi connectivity index (χ0n) is 80.6. The number of hydrogen-bond donors (Lipinski definition) is 2. The molecule has 2 aliphatic heterocycles. The van der Waals surface area contributed by atoms with E-state index in [1.165, 1.54) is 411 Å². The van der Waals surface area contributed by atoms with Crippen LogP contribution >= 0.6 is 0 Å². The molecule has 2 aliphatic rings. The average molecular weight is 1700 g/mol. The van der Waals surface area contributed by atoms with Crippen LogP contribution in [-0.2, 0) is 0 Å². The number of aromatic nitrogens is 8. The first kappa shape index (κ1) is 101. The molecule has 0 spiro atoms. The first-order chi connectivity index (χ1) is 61.3. The fraction of sp³-hybridized carbons (Fsp3) is 0.714. The van der Waals surface area contributed by atoms with Gasteiger partial charge in [0.1, 0.15) is 45.6 Å². The third-order valence-electron chi connectivity index (χ3n) is 27.4. The van der Waals surface area contributed by atoms with Gasteiger partial charge in [0.2, 0.25) is 0 Å². The molecule has 690 valence electrons. The number of aromatic amines is 2. The van der Waals surface area contributed by atoms with E-state index in [1.54, 1.807) is 0 Å². The van der Waals surface area contributed by atoms with Crippen molar-refractivity contribution < 1.29 is 18.9 Å². The van der Waals surface area contributed by atoms with Gasteiger partial charge in [0.05, 0.1) is 26.4 Å². The molecule has 4 aromatic carbocycles. The van der Waals surface area contributed by atoms with Crippen molar-refractivity contribution in [1.29, 1.82) is 0 Å². The van der Waals surface area contributed by atoms with Crippen molar-refractivity contribution in [1.82, 2.24) is 39.9 Å². The van der Waals surface area contributed by atoms with Gasteiger partial charge < -0.3 is 28.9 Å². The van der Waals surface area contributed by atoms with Crippen molar-refractivity contribution in [2.24, 2.45) is 23.7 Å². The number of nitrogens with zero attached hydrogens (tertiary/aromatic N) is 6. The smallest absolute Gasteiger partial charge is 0.164 e. The summed E-state index contributed by atoms with van der Waals surface area (Å²) in [5.41, 5.74) is 6.21. The lowest BCUT2D eigenvalue weighted by molar-refractivity contribution is 0.224. The number of rotatable bonds is 76. The van der Waals surface area contributed by atoms with Gasteiger partial charge in [0, 0.05) is 43.8 Å². The van der Waals surface area contributed by atoms with Crippen LogP contribution in [0.4, 0.5) is 0 Å². The molecule has 12 nitrogen and oxygen atoms in total. The molecule has 124 heavy (non-hydrogen) atoms. The quantitative estimate of drug-likeness (QED) is 0.0353. The van der Waals surface area contributed by atoms with Gasteiger partial charge in [-0.15, -0.1) is 0 Å². The van der Waals surface area contributed by atoms with Crippen LogP contribution in [0.3, 0.4) is 0 Å². The zero-order chi connectivity index (χ0) is 86.9. The highest BCUT2D eigenvalue weighted by molar-refractivity contribution is 6.07. The molecule has 4 atom stereocenters. The summed E-state index contributed by atoms with van der Waals surface area (Å²) in [6, 6.07) is 26.1. The van der Waals surface area contributed by atoms with E-state index < -0.39 is 0 Å². The molecule has 8 bridgehead atoms. The molecule has 5 heterocycles. The number of H-pyrrole nitrogens is 2. The Bertz CT molecular complexity index is 3880. The number of nitrogens with one attached hydrogen (secondary N) is 2. The molecular weight excluding hydrogens is 1520 g/mol. The molecule has 9 rings (SSSR count). The lowest BCUT2D eigenvalue weighted by Crippen LogP contribution is -2.12. The molecule has 12 heteroatoms. The maximum Gasteiger partial charge on any atom is 0.164 e. The average Bonchev–Trinajstić information content (AvgIpc) is 1.60. The summed E-state index contributed by atoms with van der Waals surface area (Å²) in [6.45, 7) is 21.3. The predicted octanol–water partition coefficient (Wildman–Crippen LogP) is 36.0. The summed E-state index contributed by atoms with van der Waals surface area (Å²) in [5.74, 6) is 7.58. The highest BCUT2D eigenvalue weighted by atomic mass is 16.5. The van der Waals surface area contributed by atoms with E-state index in [9.17, 15) is 0 Å². The number of unbranched alkanes of at least 4 members (excludes halogenated alkanes) is 48. The highest BCUT2D eigenvalue weighted by Gasteiger charge is 2.26. The number of hydrogen-bond acceptors (Lipinski definition) is 10. The monoisotopic (exact) mass is 1700 g/mol. The molecule has 7 aromatic rings. The second-order valence-electron chi connectivity index (χ2n) is 38.4. The topological polar surface area (TPSA) is 146 Å². The molecule has 0 saturated heterocycles. The van der Waals surface area contributed by atoms with Crippen molar-refractivity contribution in [2.45, 2.75) is 466 Å². The number of benzene rings is 4. The fourth-order valence-electron chi connectivity index (χ4n) is 19.3.